The average Bonchev–Trinajstić information content (AvgIpc) is 2.99. The number of sulfonamides is 1. The fourth-order valence-electron chi connectivity index (χ4n) is 2.16. The Bertz CT molecular complexity index is 678. The summed E-state index contributed by atoms with van der Waals surface area (Å²) < 4.78 is 32.3. The van der Waals surface area contributed by atoms with Crippen molar-refractivity contribution >= 4 is 21.4 Å². The zero-order valence-corrected chi connectivity index (χ0v) is 12.6. The molecule has 1 aromatic carbocycles. The third-order valence-corrected chi connectivity index (χ3v) is 5.89. The second-order valence-corrected chi connectivity index (χ2v) is 7.45. The maximum Gasteiger partial charge on any atom is 0.240 e. The minimum atomic E-state index is -3.45. The molecule has 1 fully saturated rings. The minimum Gasteiger partial charge on any atom is -0.497 e. The smallest absolute Gasteiger partial charge is 0.240 e. The van der Waals surface area contributed by atoms with E-state index in [0.717, 1.165) is 6.42 Å². The van der Waals surface area contributed by atoms with Crippen LogP contribution in [-0.4, -0.2) is 21.6 Å². The lowest BCUT2D eigenvalue weighted by atomic mass is 10.3. The fraction of sp³-hybridized carbons (Fsp3) is 0.286. The van der Waals surface area contributed by atoms with E-state index in [2.05, 4.69) is 10.8 Å². The van der Waals surface area contributed by atoms with Gasteiger partial charge in [-0.1, -0.05) is 6.07 Å². The molecule has 0 bridgehead atoms. The van der Waals surface area contributed by atoms with Crippen molar-refractivity contribution < 1.29 is 13.2 Å². The van der Waals surface area contributed by atoms with Gasteiger partial charge in [0.15, 0.2) is 0 Å². The van der Waals surface area contributed by atoms with Crippen LogP contribution in [0.3, 0.4) is 0 Å². The summed E-state index contributed by atoms with van der Waals surface area (Å²) in [7, 11) is -1.89. The van der Waals surface area contributed by atoms with Gasteiger partial charge in [0, 0.05) is 16.8 Å². The molecule has 1 aliphatic carbocycles. The van der Waals surface area contributed by atoms with Crippen LogP contribution in [0.1, 0.15) is 17.2 Å². The van der Waals surface area contributed by atoms with E-state index in [1.165, 1.54) is 4.88 Å². The van der Waals surface area contributed by atoms with E-state index in [0.29, 0.717) is 11.7 Å². The van der Waals surface area contributed by atoms with Crippen LogP contribution in [0.5, 0.6) is 5.75 Å². The molecular weight excluding hydrogens is 294 g/mol. The van der Waals surface area contributed by atoms with Gasteiger partial charge >= 0.3 is 0 Å². The van der Waals surface area contributed by atoms with E-state index in [-0.39, 0.29) is 10.9 Å². The van der Waals surface area contributed by atoms with Crippen molar-refractivity contribution in [2.24, 2.45) is 0 Å². The van der Waals surface area contributed by atoms with Gasteiger partial charge in [-0.2, -0.15) is 0 Å². The Hall–Kier alpha value is -1.37. The molecule has 2 atom stereocenters. The van der Waals surface area contributed by atoms with Gasteiger partial charge < -0.3 is 4.74 Å². The second kappa shape index (κ2) is 5.20. The summed E-state index contributed by atoms with van der Waals surface area (Å²) >= 11 is 1.67. The SMILES string of the molecule is COc1ccc(S(=O)(=O)NC2CC2c2cccs2)cc1. The van der Waals surface area contributed by atoms with Crippen molar-refractivity contribution in [3.8, 4) is 5.75 Å². The second-order valence-electron chi connectivity index (χ2n) is 4.76. The highest BCUT2D eigenvalue weighted by molar-refractivity contribution is 7.89. The average molecular weight is 309 g/mol. The molecule has 3 rings (SSSR count). The standard InChI is InChI=1S/C14H15NO3S2/c1-18-10-4-6-11(7-5-10)20(16,17)15-13-9-12(13)14-3-2-8-19-14/h2-8,12-13,15H,9H2,1H3. The largest absolute Gasteiger partial charge is 0.497 e. The fourth-order valence-corrected chi connectivity index (χ4v) is 4.36. The number of hydrogen-bond acceptors (Lipinski definition) is 4. The van der Waals surface area contributed by atoms with E-state index in [1.54, 1.807) is 42.7 Å². The van der Waals surface area contributed by atoms with Crippen molar-refractivity contribution in [1.29, 1.82) is 0 Å². The highest BCUT2D eigenvalue weighted by Gasteiger charge is 2.41. The molecule has 2 aromatic rings. The van der Waals surface area contributed by atoms with E-state index in [1.807, 2.05) is 11.4 Å². The quantitative estimate of drug-likeness (QED) is 0.923. The van der Waals surface area contributed by atoms with Gasteiger partial charge in [0.25, 0.3) is 0 Å². The minimum absolute atomic E-state index is 0.0146. The van der Waals surface area contributed by atoms with E-state index < -0.39 is 10.0 Å². The van der Waals surface area contributed by atoms with E-state index in [9.17, 15) is 8.42 Å². The summed E-state index contributed by atoms with van der Waals surface area (Å²) in [6.07, 6.45) is 0.871. The van der Waals surface area contributed by atoms with Crippen molar-refractivity contribution in [3.05, 3.63) is 46.7 Å². The van der Waals surface area contributed by atoms with Crippen LogP contribution in [0.15, 0.2) is 46.7 Å². The maximum atomic E-state index is 12.2. The predicted molar refractivity (Wildman–Crippen MR) is 78.8 cm³/mol. The van der Waals surface area contributed by atoms with Gasteiger partial charge in [0.2, 0.25) is 10.0 Å². The summed E-state index contributed by atoms with van der Waals surface area (Å²) in [6.45, 7) is 0. The molecule has 0 amide bonds. The first-order chi connectivity index (χ1) is 9.60. The molecule has 1 aliphatic rings. The maximum absolute atomic E-state index is 12.2. The molecule has 0 aliphatic heterocycles. The predicted octanol–water partition coefficient (Wildman–Crippen LogP) is 2.59. The molecule has 106 valence electrons. The Balaban J connectivity index is 1.70. The third kappa shape index (κ3) is 2.72. The summed E-state index contributed by atoms with van der Waals surface area (Å²) in [5.74, 6) is 0.967. The molecule has 1 heterocycles. The zero-order chi connectivity index (χ0) is 14.2. The van der Waals surface area contributed by atoms with Gasteiger partial charge in [0.1, 0.15) is 5.75 Å². The van der Waals surface area contributed by atoms with Gasteiger partial charge in [-0.3, -0.25) is 0 Å². The van der Waals surface area contributed by atoms with E-state index in [4.69, 9.17) is 4.74 Å². The first kappa shape index (κ1) is 13.6. The highest BCUT2D eigenvalue weighted by atomic mass is 32.2. The summed E-state index contributed by atoms with van der Waals surface area (Å²) in [5.41, 5.74) is 0. The molecule has 6 heteroatoms. The van der Waals surface area contributed by atoms with Gasteiger partial charge in [-0.05, 0) is 42.1 Å². The number of rotatable bonds is 5. The van der Waals surface area contributed by atoms with Crippen molar-refractivity contribution in [3.63, 3.8) is 0 Å². The monoisotopic (exact) mass is 309 g/mol. The lowest BCUT2D eigenvalue weighted by Crippen LogP contribution is -2.26. The van der Waals surface area contributed by atoms with Gasteiger partial charge in [-0.25, -0.2) is 13.1 Å². The molecule has 20 heavy (non-hydrogen) atoms. The van der Waals surface area contributed by atoms with Crippen LogP contribution < -0.4 is 9.46 Å². The molecule has 1 N–H and O–H groups in total. The number of methoxy groups -OCH3 is 1. The normalized spacial score (nSPS) is 21.6. The molecular formula is C14H15NO3S2. The third-order valence-electron chi connectivity index (χ3n) is 3.38. The van der Waals surface area contributed by atoms with Crippen LogP contribution in [0.4, 0.5) is 0 Å². The topological polar surface area (TPSA) is 55.4 Å². The van der Waals surface area contributed by atoms with Crippen LogP contribution in [0, 0.1) is 0 Å². The number of hydrogen-bond donors (Lipinski definition) is 1. The van der Waals surface area contributed by atoms with Crippen LogP contribution in [0.25, 0.3) is 0 Å². The lowest BCUT2D eigenvalue weighted by Gasteiger charge is -2.07. The van der Waals surface area contributed by atoms with Gasteiger partial charge in [-0.15, -0.1) is 11.3 Å². The molecule has 0 radical (unpaired) electrons. The number of benzene rings is 1. The lowest BCUT2D eigenvalue weighted by molar-refractivity contribution is 0.414. The Morgan fingerprint density at radius 2 is 2.00 bits per heavy atom. The highest BCUT2D eigenvalue weighted by Crippen LogP contribution is 2.43. The van der Waals surface area contributed by atoms with Crippen LogP contribution in [-0.2, 0) is 10.0 Å². The molecule has 0 saturated heterocycles. The summed E-state index contributed by atoms with van der Waals surface area (Å²) in [6, 6.07) is 10.5. The van der Waals surface area contributed by atoms with Gasteiger partial charge in [0.05, 0.1) is 12.0 Å². The number of nitrogens with one attached hydrogen (secondary N) is 1. The molecule has 0 spiro atoms. The first-order valence-corrected chi connectivity index (χ1v) is 8.66. The first-order valence-electron chi connectivity index (χ1n) is 6.30. The summed E-state index contributed by atoms with van der Waals surface area (Å²) in [5, 5.41) is 2.02. The van der Waals surface area contributed by atoms with Crippen molar-refractivity contribution in [2.45, 2.75) is 23.3 Å². The van der Waals surface area contributed by atoms with E-state index >= 15 is 0 Å². The Morgan fingerprint density at radius 1 is 1.25 bits per heavy atom. The molecule has 1 saturated carbocycles. The molecule has 2 unspecified atom stereocenters. The zero-order valence-electron chi connectivity index (χ0n) is 10.9. The Kier molecular flexibility index (Phi) is 3.54. The van der Waals surface area contributed by atoms with Crippen molar-refractivity contribution in [1.82, 2.24) is 4.72 Å². The van der Waals surface area contributed by atoms with Crippen molar-refractivity contribution in [2.75, 3.05) is 7.11 Å². The number of thiophene rings is 1. The summed E-state index contributed by atoms with van der Waals surface area (Å²) in [4.78, 5) is 1.52. The van der Waals surface area contributed by atoms with Crippen LogP contribution >= 0.6 is 11.3 Å². The molecule has 4 nitrogen and oxygen atoms in total. The molecule has 1 aromatic heterocycles. The Morgan fingerprint density at radius 3 is 2.60 bits per heavy atom. The van der Waals surface area contributed by atoms with Crippen LogP contribution in [0.2, 0.25) is 0 Å². The Labute approximate surface area is 122 Å². The number of ether oxygens (including phenoxy) is 1.